The smallest absolute Gasteiger partial charge is 0.177 e. The van der Waals surface area contributed by atoms with Crippen LogP contribution in [0.4, 0.5) is 0 Å². The Morgan fingerprint density at radius 1 is 1.64 bits per heavy atom. The quantitative estimate of drug-likeness (QED) is 0.863. The van der Waals surface area contributed by atoms with Crippen LogP contribution in [0.3, 0.4) is 0 Å². The Morgan fingerprint density at radius 3 is 2.79 bits per heavy atom. The van der Waals surface area contributed by atoms with Crippen molar-refractivity contribution in [2.24, 2.45) is 5.73 Å². The monoisotopic (exact) mass is 277 g/mol. The predicted octanol–water partition coefficient (Wildman–Crippen LogP) is 2.25. The molecule has 0 atom stereocenters. The van der Waals surface area contributed by atoms with Crippen molar-refractivity contribution in [1.82, 2.24) is 0 Å². The molecule has 5 heteroatoms. The fourth-order valence-corrected chi connectivity index (χ4v) is 1.85. The SMILES string of the molecule is COc1cc(Cl)cc(C(=O)CN)c1Br. The van der Waals surface area contributed by atoms with Crippen LogP contribution in [0.25, 0.3) is 0 Å². The summed E-state index contributed by atoms with van der Waals surface area (Å²) >= 11 is 9.06. The highest BCUT2D eigenvalue weighted by molar-refractivity contribution is 9.10. The molecule has 0 saturated heterocycles. The molecule has 3 nitrogen and oxygen atoms in total. The number of ketones is 1. The summed E-state index contributed by atoms with van der Waals surface area (Å²) in [5, 5.41) is 0.446. The summed E-state index contributed by atoms with van der Waals surface area (Å²) in [5.74, 6) is 0.340. The highest BCUT2D eigenvalue weighted by atomic mass is 79.9. The summed E-state index contributed by atoms with van der Waals surface area (Å²) in [5.41, 5.74) is 5.70. The van der Waals surface area contributed by atoms with Crippen LogP contribution < -0.4 is 10.5 Å². The van der Waals surface area contributed by atoms with Crippen LogP contribution >= 0.6 is 27.5 Å². The minimum atomic E-state index is -0.183. The maximum atomic E-state index is 11.4. The van der Waals surface area contributed by atoms with Crippen molar-refractivity contribution in [3.05, 3.63) is 27.2 Å². The number of benzene rings is 1. The molecule has 0 aliphatic rings. The van der Waals surface area contributed by atoms with Crippen LogP contribution in [0.2, 0.25) is 5.02 Å². The van der Waals surface area contributed by atoms with E-state index < -0.39 is 0 Å². The largest absolute Gasteiger partial charge is 0.495 e. The van der Waals surface area contributed by atoms with E-state index in [4.69, 9.17) is 22.1 Å². The van der Waals surface area contributed by atoms with Crippen molar-refractivity contribution >= 4 is 33.3 Å². The Hall–Kier alpha value is -0.580. The number of hydrogen-bond donors (Lipinski definition) is 1. The van der Waals surface area contributed by atoms with Gasteiger partial charge >= 0.3 is 0 Å². The average Bonchev–Trinajstić information content (AvgIpc) is 2.19. The number of Topliss-reactive ketones (excluding diaryl/α,β-unsaturated/α-hetero) is 1. The summed E-state index contributed by atoms with van der Waals surface area (Å²) in [7, 11) is 1.51. The van der Waals surface area contributed by atoms with Crippen LogP contribution in [0, 0.1) is 0 Å². The first-order valence-electron chi connectivity index (χ1n) is 3.86. The number of methoxy groups -OCH3 is 1. The van der Waals surface area contributed by atoms with E-state index in [1.807, 2.05) is 0 Å². The average molecular weight is 279 g/mol. The van der Waals surface area contributed by atoms with Gasteiger partial charge in [-0.05, 0) is 28.1 Å². The van der Waals surface area contributed by atoms with E-state index >= 15 is 0 Å². The Balaban J connectivity index is 3.29. The van der Waals surface area contributed by atoms with Gasteiger partial charge in [0.1, 0.15) is 5.75 Å². The number of halogens is 2. The minimum absolute atomic E-state index is 0.0535. The van der Waals surface area contributed by atoms with Crippen molar-refractivity contribution in [2.45, 2.75) is 0 Å². The van der Waals surface area contributed by atoms with E-state index in [-0.39, 0.29) is 12.3 Å². The van der Waals surface area contributed by atoms with Gasteiger partial charge in [-0.3, -0.25) is 4.79 Å². The van der Waals surface area contributed by atoms with Crippen LogP contribution in [0.5, 0.6) is 5.75 Å². The number of carbonyl (C=O) groups excluding carboxylic acids is 1. The van der Waals surface area contributed by atoms with Crippen molar-refractivity contribution in [3.8, 4) is 5.75 Å². The van der Waals surface area contributed by atoms with E-state index in [1.165, 1.54) is 7.11 Å². The second kappa shape index (κ2) is 4.77. The van der Waals surface area contributed by atoms with E-state index in [2.05, 4.69) is 15.9 Å². The minimum Gasteiger partial charge on any atom is -0.495 e. The van der Waals surface area contributed by atoms with Crippen LogP contribution in [0.15, 0.2) is 16.6 Å². The van der Waals surface area contributed by atoms with Gasteiger partial charge in [-0.1, -0.05) is 11.6 Å². The Morgan fingerprint density at radius 2 is 2.29 bits per heavy atom. The molecule has 1 rings (SSSR count). The molecule has 0 amide bonds. The summed E-state index contributed by atoms with van der Waals surface area (Å²) < 4.78 is 5.62. The van der Waals surface area contributed by atoms with Crippen LogP contribution in [-0.2, 0) is 0 Å². The molecule has 0 heterocycles. The number of hydrogen-bond acceptors (Lipinski definition) is 3. The third-order valence-corrected chi connectivity index (χ3v) is 2.75. The summed E-state index contributed by atoms with van der Waals surface area (Å²) in [6.07, 6.45) is 0. The topological polar surface area (TPSA) is 52.3 Å². The maximum Gasteiger partial charge on any atom is 0.177 e. The van der Waals surface area contributed by atoms with Crippen molar-refractivity contribution < 1.29 is 9.53 Å². The van der Waals surface area contributed by atoms with Gasteiger partial charge in [-0.25, -0.2) is 0 Å². The summed E-state index contributed by atoms with van der Waals surface area (Å²) in [4.78, 5) is 11.4. The van der Waals surface area contributed by atoms with E-state index in [9.17, 15) is 4.79 Å². The number of nitrogens with two attached hydrogens (primary N) is 1. The van der Waals surface area contributed by atoms with Crippen LogP contribution in [-0.4, -0.2) is 19.4 Å². The number of ether oxygens (including phenoxy) is 1. The molecule has 0 aromatic heterocycles. The molecule has 0 fully saturated rings. The first-order chi connectivity index (χ1) is 6.60. The van der Waals surface area contributed by atoms with E-state index in [1.54, 1.807) is 12.1 Å². The lowest BCUT2D eigenvalue weighted by molar-refractivity contribution is 0.100. The molecule has 0 spiro atoms. The normalized spacial score (nSPS) is 10.0. The standard InChI is InChI=1S/C9H9BrClNO2/c1-14-8-3-5(11)2-6(9(8)10)7(13)4-12/h2-3H,4,12H2,1H3. The number of carbonyl (C=O) groups is 1. The third kappa shape index (κ3) is 2.26. The third-order valence-electron chi connectivity index (χ3n) is 1.71. The summed E-state index contributed by atoms with van der Waals surface area (Å²) in [6, 6.07) is 3.18. The molecule has 1 aromatic carbocycles. The van der Waals surface area contributed by atoms with Gasteiger partial charge in [0.2, 0.25) is 0 Å². The lowest BCUT2D eigenvalue weighted by Crippen LogP contribution is -2.14. The maximum absolute atomic E-state index is 11.4. The van der Waals surface area contributed by atoms with Gasteiger partial charge in [0.15, 0.2) is 5.78 Å². The molecule has 0 unspecified atom stereocenters. The molecule has 76 valence electrons. The highest BCUT2D eigenvalue weighted by Gasteiger charge is 2.13. The molecule has 14 heavy (non-hydrogen) atoms. The highest BCUT2D eigenvalue weighted by Crippen LogP contribution is 2.32. The second-order valence-corrected chi connectivity index (χ2v) is 3.83. The van der Waals surface area contributed by atoms with Crippen molar-refractivity contribution in [1.29, 1.82) is 0 Å². The molecule has 0 saturated carbocycles. The lowest BCUT2D eigenvalue weighted by Gasteiger charge is -2.08. The van der Waals surface area contributed by atoms with Crippen LogP contribution in [0.1, 0.15) is 10.4 Å². The summed E-state index contributed by atoms with van der Waals surface area (Å²) in [6.45, 7) is -0.0535. The molecule has 0 aliphatic carbocycles. The molecule has 2 N–H and O–H groups in total. The van der Waals surface area contributed by atoms with Gasteiger partial charge in [0.05, 0.1) is 18.1 Å². The lowest BCUT2D eigenvalue weighted by atomic mass is 10.1. The predicted molar refractivity (Wildman–Crippen MR) is 59.1 cm³/mol. The number of rotatable bonds is 3. The molecular formula is C9H9BrClNO2. The molecular weight excluding hydrogens is 269 g/mol. The Kier molecular flexibility index (Phi) is 3.92. The zero-order valence-corrected chi connectivity index (χ0v) is 9.85. The molecule has 0 bridgehead atoms. The molecule has 0 aliphatic heterocycles. The van der Waals surface area contributed by atoms with E-state index in [0.717, 1.165) is 0 Å². The first kappa shape index (κ1) is 11.5. The van der Waals surface area contributed by atoms with Gasteiger partial charge in [0.25, 0.3) is 0 Å². The zero-order valence-electron chi connectivity index (χ0n) is 7.51. The van der Waals surface area contributed by atoms with Gasteiger partial charge in [-0.2, -0.15) is 0 Å². The molecule has 0 radical (unpaired) electrons. The molecule has 1 aromatic rings. The van der Waals surface area contributed by atoms with E-state index in [0.29, 0.717) is 20.8 Å². The zero-order chi connectivity index (χ0) is 10.7. The van der Waals surface area contributed by atoms with Gasteiger partial charge < -0.3 is 10.5 Å². The Labute approximate surface area is 95.3 Å². The second-order valence-electron chi connectivity index (χ2n) is 2.60. The van der Waals surface area contributed by atoms with Crippen molar-refractivity contribution in [2.75, 3.05) is 13.7 Å². The fourth-order valence-electron chi connectivity index (χ4n) is 1.03. The first-order valence-corrected chi connectivity index (χ1v) is 5.03. The van der Waals surface area contributed by atoms with Gasteiger partial charge in [-0.15, -0.1) is 0 Å². The van der Waals surface area contributed by atoms with Crippen molar-refractivity contribution in [3.63, 3.8) is 0 Å². The Bertz CT molecular complexity index is 368. The fraction of sp³-hybridized carbons (Fsp3) is 0.222. The van der Waals surface area contributed by atoms with Gasteiger partial charge in [0, 0.05) is 10.6 Å².